The van der Waals surface area contributed by atoms with Crippen LogP contribution < -0.4 is 0 Å². The molecule has 2 rings (SSSR count). The van der Waals surface area contributed by atoms with E-state index in [1.165, 1.54) is 19.3 Å². The summed E-state index contributed by atoms with van der Waals surface area (Å²) in [6.07, 6.45) is 6.62. The molecule has 3 heteroatoms. The zero-order valence-corrected chi connectivity index (χ0v) is 13.6. The highest BCUT2D eigenvalue weighted by Gasteiger charge is 2.38. The molecular formula is C17H22BrNO. The Morgan fingerprint density at radius 1 is 1.20 bits per heavy atom. The number of rotatable bonds is 2. The molecule has 1 unspecified atom stereocenters. The summed E-state index contributed by atoms with van der Waals surface area (Å²) in [5, 5.41) is 20.5. The maximum absolute atomic E-state index is 10.8. The Balaban J connectivity index is 2.28. The molecule has 1 aliphatic carbocycles. The SMILES string of the molecule is Cc1cc(C(O)C2(C#N)CCCCCCC2)ccc1Br. The molecule has 0 aliphatic heterocycles. The fourth-order valence-corrected chi connectivity index (χ4v) is 3.39. The molecule has 1 aromatic rings. The summed E-state index contributed by atoms with van der Waals surface area (Å²) in [4.78, 5) is 0. The summed E-state index contributed by atoms with van der Waals surface area (Å²) >= 11 is 3.48. The summed E-state index contributed by atoms with van der Waals surface area (Å²) < 4.78 is 1.04. The van der Waals surface area contributed by atoms with Gasteiger partial charge in [-0.3, -0.25) is 0 Å². The lowest BCUT2D eigenvalue weighted by Gasteiger charge is -2.33. The molecule has 0 radical (unpaired) electrons. The molecule has 1 atom stereocenters. The standard InChI is InChI=1S/C17H22BrNO/c1-13-11-14(7-8-15(13)18)16(20)17(12-19)9-5-3-2-4-6-10-17/h7-8,11,16,20H,2-6,9-10H2,1H3. The van der Waals surface area contributed by atoms with Crippen LogP contribution in [0.2, 0.25) is 0 Å². The molecule has 1 fully saturated rings. The zero-order valence-electron chi connectivity index (χ0n) is 12.0. The van der Waals surface area contributed by atoms with Crippen molar-refractivity contribution in [3.05, 3.63) is 33.8 Å². The van der Waals surface area contributed by atoms with Gasteiger partial charge < -0.3 is 5.11 Å². The smallest absolute Gasteiger partial charge is 0.0976 e. The highest BCUT2D eigenvalue weighted by atomic mass is 79.9. The maximum Gasteiger partial charge on any atom is 0.0976 e. The number of hydrogen-bond acceptors (Lipinski definition) is 2. The van der Waals surface area contributed by atoms with Crippen LogP contribution in [-0.2, 0) is 0 Å². The van der Waals surface area contributed by atoms with Crippen molar-refractivity contribution in [3.8, 4) is 6.07 Å². The van der Waals surface area contributed by atoms with Crippen LogP contribution in [-0.4, -0.2) is 5.11 Å². The highest BCUT2D eigenvalue weighted by Crippen LogP contribution is 2.44. The van der Waals surface area contributed by atoms with E-state index >= 15 is 0 Å². The van der Waals surface area contributed by atoms with Crippen molar-refractivity contribution in [2.75, 3.05) is 0 Å². The molecule has 1 aliphatic rings. The molecule has 0 amide bonds. The predicted molar refractivity (Wildman–Crippen MR) is 84.2 cm³/mol. The van der Waals surface area contributed by atoms with Crippen molar-refractivity contribution in [2.45, 2.75) is 58.0 Å². The van der Waals surface area contributed by atoms with Crippen LogP contribution in [0.15, 0.2) is 22.7 Å². The Hall–Kier alpha value is -0.850. The minimum atomic E-state index is -0.683. The first kappa shape index (κ1) is 15.5. The third kappa shape index (κ3) is 3.24. The van der Waals surface area contributed by atoms with E-state index in [0.29, 0.717) is 0 Å². The molecule has 2 nitrogen and oxygen atoms in total. The van der Waals surface area contributed by atoms with E-state index in [4.69, 9.17) is 0 Å². The van der Waals surface area contributed by atoms with E-state index in [-0.39, 0.29) is 0 Å². The Kier molecular flexibility index (Phi) is 5.23. The molecule has 0 heterocycles. The van der Waals surface area contributed by atoms with Gasteiger partial charge in [0, 0.05) is 4.47 Å². The van der Waals surface area contributed by atoms with Crippen molar-refractivity contribution in [2.24, 2.45) is 5.41 Å². The second kappa shape index (κ2) is 6.74. The molecule has 20 heavy (non-hydrogen) atoms. The third-order valence-corrected chi connectivity index (χ3v) is 5.38. The van der Waals surface area contributed by atoms with Gasteiger partial charge in [0.25, 0.3) is 0 Å². The van der Waals surface area contributed by atoms with Crippen LogP contribution in [0, 0.1) is 23.7 Å². The van der Waals surface area contributed by atoms with Crippen molar-refractivity contribution >= 4 is 15.9 Å². The fraction of sp³-hybridized carbons (Fsp3) is 0.588. The van der Waals surface area contributed by atoms with Crippen LogP contribution in [0.25, 0.3) is 0 Å². The minimum absolute atomic E-state index is 0.610. The van der Waals surface area contributed by atoms with Gasteiger partial charge >= 0.3 is 0 Å². The lowest BCUT2D eigenvalue weighted by Crippen LogP contribution is -2.28. The summed E-state index contributed by atoms with van der Waals surface area (Å²) in [5.74, 6) is 0. The van der Waals surface area contributed by atoms with Crippen LogP contribution in [0.1, 0.15) is 62.2 Å². The van der Waals surface area contributed by atoms with Crippen LogP contribution in [0.3, 0.4) is 0 Å². The number of aliphatic hydroxyl groups is 1. The van der Waals surface area contributed by atoms with Gasteiger partial charge in [-0.1, -0.05) is 60.2 Å². The van der Waals surface area contributed by atoms with Crippen molar-refractivity contribution in [1.29, 1.82) is 5.26 Å². The van der Waals surface area contributed by atoms with E-state index in [2.05, 4.69) is 22.0 Å². The topological polar surface area (TPSA) is 44.0 Å². The van der Waals surface area contributed by atoms with E-state index in [0.717, 1.165) is 41.3 Å². The Morgan fingerprint density at radius 3 is 2.35 bits per heavy atom. The van der Waals surface area contributed by atoms with Gasteiger partial charge in [0.05, 0.1) is 17.6 Å². The maximum atomic E-state index is 10.8. The van der Waals surface area contributed by atoms with Gasteiger partial charge in [-0.2, -0.15) is 5.26 Å². The van der Waals surface area contributed by atoms with E-state index < -0.39 is 11.5 Å². The second-order valence-corrected chi connectivity index (χ2v) is 6.80. The normalized spacial score (nSPS) is 20.5. The number of aliphatic hydroxyl groups excluding tert-OH is 1. The summed E-state index contributed by atoms with van der Waals surface area (Å²) in [6.45, 7) is 2.01. The molecule has 0 spiro atoms. The van der Waals surface area contributed by atoms with Crippen molar-refractivity contribution < 1.29 is 5.11 Å². The average Bonchev–Trinajstić information content (AvgIpc) is 2.42. The van der Waals surface area contributed by atoms with Gasteiger partial charge in [-0.15, -0.1) is 0 Å². The number of nitriles is 1. The molecule has 108 valence electrons. The number of aryl methyl sites for hydroxylation is 1. The number of halogens is 1. The first-order valence-electron chi connectivity index (χ1n) is 7.44. The first-order chi connectivity index (χ1) is 9.59. The van der Waals surface area contributed by atoms with Gasteiger partial charge in [-0.05, 0) is 37.0 Å². The molecule has 1 aromatic carbocycles. The fourth-order valence-electron chi connectivity index (χ4n) is 3.14. The summed E-state index contributed by atoms with van der Waals surface area (Å²) in [7, 11) is 0. The molecule has 0 bridgehead atoms. The number of nitrogens with zero attached hydrogens (tertiary/aromatic N) is 1. The Labute approximate surface area is 129 Å². The molecular weight excluding hydrogens is 314 g/mol. The van der Waals surface area contributed by atoms with Crippen LogP contribution >= 0.6 is 15.9 Å². The van der Waals surface area contributed by atoms with Crippen molar-refractivity contribution in [3.63, 3.8) is 0 Å². The summed E-state index contributed by atoms with van der Waals surface area (Å²) in [6, 6.07) is 8.34. The largest absolute Gasteiger partial charge is 0.387 e. The monoisotopic (exact) mass is 335 g/mol. The predicted octanol–water partition coefficient (Wildman–Crippen LogP) is 5.05. The zero-order chi connectivity index (χ0) is 14.6. The lowest BCUT2D eigenvalue weighted by atomic mass is 9.71. The average molecular weight is 336 g/mol. The summed E-state index contributed by atoms with van der Waals surface area (Å²) in [5.41, 5.74) is 1.36. The van der Waals surface area contributed by atoms with Crippen LogP contribution in [0.5, 0.6) is 0 Å². The third-order valence-electron chi connectivity index (χ3n) is 4.49. The van der Waals surface area contributed by atoms with E-state index in [9.17, 15) is 10.4 Å². The van der Waals surface area contributed by atoms with Crippen LogP contribution in [0.4, 0.5) is 0 Å². The van der Waals surface area contributed by atoms with Gasteiger partial charge in [0.1, 0.15) is 0 Å². The van der Waals surface area contributed by atoms with Gasteiger partial charge in [0.15, 0.2) is 0 Å². The molecule has 0 saturated heterocycles. The van der Waals surface area contributed by atoms with E-state index in [1.807, 2.05) is 25.1 Å². The molecule has 1 saturated carbocycles. The second-order valence-electron chi connectivity index (χ2n) is 5.95. The minimum Gasteiger partial charge on any atom is -0.387 e. The van der Waals surface area contributed by atoms with Gasteiger partial charge in [-0.25, -0.2) is 0 Å². The number of benzene rings is 1. The van der Waals surface area contributed by atoms with Gasteiger partial charge in [0.2, 0.25) is 0 Å². The quantitative estimate of drug-likeness (QED) is 0.822. The Bertz CT molecular complexity index is 498. The first-order valence-corrected chi connectivity index (χ1v) is 8.24. The molecule has 0 aromatic heterocycles. The van der Waals surface area contributed by atoms with E-state index in [1.54, 1.807) is 0 Å². The number of hydrogen-bond donors (Lipinski definition) is 1. The Morgan fingerprint density at radius 2 is 1.80 bits per heavy atom. The van der Waals surface area contributed by atoms with Crippen molar-refractivity contribution in [1.82, 2.24) is 0 Å². The highest BCUT2D eigenvalue weighted by molar-refractivity contribution is 9.10. The lowest BCUT2D eigenvalue weighted by molar-refractivity contribution is 0.0434. The molecule has 1 N–H and O–H groups in total.